The molecule has 0 saturated heterocycles. The zero-order chi connectivity index (χ0) is 14.8. The lowest BCUT2D eigenvalue weighted by Crippen LogP contribution is -2.14. The van der Waals surface area contributed by atoms with Crippen LogP contribution in [-0.2, 0) is 0 Å². The second-order valence-electron chi connectivity index (χ2n) is 4.63. The Bertz CT molecular complexity index is 766. The van der Waals surface area contributed by atoms with E-state index in [9.17, 15) is 4.79 Å². The molecule has 0 aliphatic carbocycles. The largest absolute Gasteiger partial charge is 0.489 e. The van der Waals surface area contributed by atoms with Gasteiger partial charge in [-0.3, -0.25) is 10.1 Å². The minimum absolute atomic E-state index is 0.0264. The summed E-state index contributed by atoms with van der Waals surface area (Å²) in [7, 11) is 0. The van der Waals surface area contributed by atoms with Crippen LogP contribution in [0.15, 0.2) is 24.3 Å². The molecule has 2 heterocycles. The van der Waals surface area contributed by atoms with Gasteiger partial charge >= 0.3 is 0 Å². The number of carbonyl (C=O) groups excluding carboxylic acids is 1. The number of hydrogen-bond donors (Lipinski definition) is 2. The summed E-state index contributed by atoms with van der Waals surface area (Å²) < 4.78 is 6.82. The molecule has 0 unspecified atom stereocenters. The number of tetrazole rings is 1. The summed E-state index contributed by atoms with van der Waals surface area (Å²) in [6.45, 7) is 3.85. The summed E-state index contributed by atoms with van der Waals surface area (Å²) in [5, 5.41) is 16.5. The third-order valence-electron chi connectivity index (χ3n) is 2.69. The fourth-order valence-corrected chi connectivity index (χ4v) is 2.93. The van der Waals surface area contributed by atoms with Crippen molar-refractivity contribution < 1.29 is 9.53 Å². The van der Waals surface area contributed by atoms with Crippen LogP contribution in [0.3, 0.4) is 0 Å². The second-order valence-corrected chi connectivity index (χ2v) is 5.68. The molecule has 0 aliphatic rings. The maximum Gasteiger partial charge on any atom is 0.271 e. The van der Waals surface area contributed by atoms with Crippen molar-refractivity contribution in [2.24, 2.45) is 0 Å². The molecule has 0 bridgehead atoms. The minimum atomic E-state index is -0.301. The predicted octanol–water partition coefficient (Wildman–Crippen LogP) is 2.45. The van der Waals surface area contributed by atoms with Crippen LogP contribution in [-0.4, -0.2) is 32.6 Å². The monoisotopic (exact) mass is 303 g/mol. The Kier molecular flexibility index (Phi) is 3.53. The summed E-state index contributed by atoms with van der Waals surface area (Å²) in [6, 6.07) is 7.75. The molecule has 3 rings (SSSR count). The highest BCUT2D eigenvalue weighted by Gasteiger charge is 2.21. The van der Waals surface area contributed by atoms with E-state index in [0.29, 0.717) is 10.6 Å². The van der Waals surface area contributed by atoms with E-state index in [1.54, 1.807) is 0 Å². The minimum Gasteiger partial charge on any atom is -0.489 e. The fourth-order valence-electron chi connectivity index (χ4n) is 1.90. The predicted molar refractivity (Wildman–Crippen MR) is 79.7 cm³/mol. The van der Waals surface area contributed by atoms with E-state index >= 15 is 0 Å². The van der Waals surface area contributed by atoms with E-state index in [2.05, 4.69) is 25.9 Å². The highest BCUT2D eigenvalue weighted by atomic mass is 32.1. The molecule has 0 saturated carbocycles. The van der Waals surface area contributed by atoms with Crippen LogP contribution in [0.4, 0.5) is 5.95 Å². The number of fused-ring (bicyclic) bond motifs is 1. The van der Waals surface area contributed by atoms with Crippen LogP contribution in [0.25, 0.3) is 10.1 Å². The Morgan fingerprint density at radius 3 is 2.90 bits per heavy atom. The number of nitrogens with zero attached hydrogens (tertiary/aromatic N) is 3. The van der Waals surface area contributed by atoms with Gasteiger partial charge in [0.2, 0.25) is 5.95 Å². The molecule has 0 spiro atoms. The molecule has 0 aliphatic heterocycles. The first kappa shape index (κ1) is 13.5. The van der Waals surface area contributed by atoms with E-state index in [0.717, 1.165) is 10.1 Å². The molecule has 2 aromatic heterocycles. The third kappa shape index (κ3) is 2.70. The molecule has 108 valence electrons. The normalized spacial score (nSPS) is 11.0. The van der Waals surface area contributed by atoms with Gasteiger partial charge < -0.3 is 4.74 Å². The summed E-state index contributed by atoms with van der Waals surface area (Å²) >= 11 is 1.38. The van der Waals surface area contributed by atoms with Crippen LogP contribution < -0.4 is 10.1 Å². The number of carbonyl (C=O) groups is 1. The van der Waals surface area contributed by atoms with Gasteiger partial charge in [0.15, 0.2) is 5.75 Å². The van der Waals surface area contributed by atoms with E-state index in [1.165, 1.54) is 11.3 Å². The summed E-state index contributed by atoms with van der Waals surface area (Å²) in [5.41, 5.74) is 0. The van der Waals surface area contributed by atoms with E-state index in [-0.39, 0.29) is 18.0 Å². The van der Waals surface area contributed by atoms with Crippen molar-refractivity contribution in [3.05, 3.63) is 29.1 Å². The maximum atomic E-state index is 12.4. The van der Waals surface area contributed by atoms with Gasteiger partial charge in [0.05, 0.1) is 6.10 Å². The standard InChI is InChI=1S/C13H13N5O2S/c1-7(2)20-10-8-5-3-4-6-9(8)21-11(10)12(19)14-13-15-17-18-16-13/h3-7H,1-2H3,(H2,14,15,16,17,18,19). The lowest BCUT2D eigenvalue weighted by molar-refractivity contribution is 0.102. The first-order valence-electron chi connectivity index (χ1n) is 6.38. The topological polar surface area (TPSA) is 92.8 Å². The molecule has 21 heavy (non-hydrogen) atoms. The molecular weight excluding hydrogens is 290 g/mol. The van der Waals surface area contributed by atoms with Crippen LogP contribution >= 0.6 is 11.3 Å². The Labute approximate surface area is 124 Å². The number of rotatable bonds is 4. The van der Waals surface area contributed by atoms with Crippen molar-refractivity contribution in [1.82, 2.24) is 20.6 Å². The van der Waals surface area contributed by atoms with Gasteiger partial charge in [-0.05, 0) is 36.4 Å². The third-order valence-corrected chi connectivity index (χ3v) is 3.84. The fraction of sp³-hybridized carbons (Fsp3) is 0.231. The number of benzene rings is 1. The number of anilines is 1. The number of nitrogens with one attached hydrogen (secondary N) is 2. The Morgan fingerprint density at radius 2 is 2.19 bits per heavy atom. The van der Waals surface area contributed by atoms with Crippen molar-refractivity contribution in [3.8, 4) is 5.75 Å². The average Bonchev–Trinajstić information content (AvgIpc) is 3.07. The number of aromatic amines is 1. The zero-order valence-corrected chi connectivity index (χ0v) is 12.3. The molecule has 2 N–H and O–H groups in total. The molecular formula is C13H13N5O2S. The molecule has 7 nitrogen and oxygen atoms in total. The average molecular weight is 303 g/mol. The molecule has 0 fully saturated rings. The Hall–Kier alpha value is -2.48. The SMILES string of the molecule is CC(C)Oc1c(C(=O)Nc2nnn[nH]2)sc2ccccc12. The second kappa shape index (κ2) is 5.49. The first-order chi connectivity index (χ1) is 10.1. The van der Waals surface area contributed by atoms with Crippen molar-refractivity contribution in [2.75, 3.05) is 5.32 Å². The smallest absolute Gasteiger partial charge is 0.271 e. The molecule has 0 atom stereocenters. The van der Waals surface area contributed by atoms with E-state index < -0.39 is 0 Å². The first-order valence-corrected chi connectivity index (χ1v) is 7.20. The van der Waals surface area contributed by atoms with Crippen molar-refractivity contribution >= 4 is 33.3 Å². The Morgan fingerprint density at radius 1 is 1.38 bits per heavy atom. The molecule has 8 heteroatoms. The van der Waals surface area contributed by atoms with Gasteiger partial charge in [0.25, 0.3) is 5.91 Å². The van der Waals surface area contributed by atoms with Crippen LogP contribution in [0, 0.1) is 0 Å². The van der Waals surface area contributed by atoms with Crippen molar-refractivity contribution in [3.63, 3.8) is 0 Å². The van der Waals surface area contributed by atoms with Gasteiger partial charge in [0.1, 0.15) is 4.88 Å². The van der Waals surface area contributed by atoms with Crippen molar-refractivity contribution in [1.29, 1.82) is 0 Å². The van der Waals surface area contributed by atoms with Gasteiger partial charge in [-0.2, -0.15) is 0 Å². The number of aromatic nitrogens is 4. The van der Waals surface area contributed by atoms with Crippen LogP contribution in [0.2, 0.25) is 0 Å². The maximum absolute atomic E-state index is 12.4. The lowest BCUT2D eigenvalue weighted by Gasteiger charge is -2.10. The lowest BCUT2D eigenvalue weighted by atomic mass is 10.2. The van der Waals surface area contributed by atoms with E-state index in [1.807, 2.05) is 38.1 Å². The highest BCUT2D eigenvalue weighted by molar-refractivity contribution is 7.21. The number of hydrogen-bond acceptors (Lipinski definition) is 6. The van der Waals surface area contributed by atoms with Gasteiger partial charge in [0, 0.05) is 10.1 Å². The van der Waals surface area contributed by atoms with Crippen molar-refractivity contribution in [2.45, 2.75) is 20.0 Å². The van der Waals surface area contributed by atoms with Gasteiger partial charge in [-0.1, -0.05) is 17.2 Å². The zero-order valence-electron chi connectivity index (χ0n) is 11.5. The molecule has 1 aromatic carbocycles. The van der Waals surface area contributed by atoms with E-state index in [4.69, 9.17) is 4.74 Å². The van der Waals surface area contributed by atoms with Crippen LogP contribution in [0.5, 0.6) is 5.75 Å². The molecule has 3 aromatic rings. The molecule has 1 amide bonds. The number of thiophene rings is 1. The quantitative estimate of drug-likeness (QED) is 0.772. The highest BCUT2D eigenvalue weighted by Crippen LogP contribution is 2.38. The van der Waals surface area contributed by atoms with Gasteiger partial charge in [-0.25, -0.2) is 5.10 Å². The van der Waals surface area contributed by atoms with Crippen LogP contribution in [0.1, 0.15) is 23.5 Å². The molecule has 0 radical (unpaired) electrons. The number of H-pyrrole nitrogens is 1. The Balaban J connectivity index is 2.01. The number of amides is 1. The summed E-state index contributed by atoms with van der Waals surface area (Å²) in [6.07, 6.45) is -0.0264. The van der Waals surface area contributed by atoms with Gasteiger partial charge in [-0.15, -0.1) is 11.3 Å². The summed E-state index contributed by atoms with van der Waals surface area (Å²) in [5.74, 6) is 0.494. The summed E-state index contributed by atoms with van der Waals surface area (Å²) in [4.78, 5) is 12.9. The number of ether oxygens (including phenoxy) is 1.